The van der Waals surface area contributed by atoms with E-state index < -0.39 is 10.8 Å². The maximum atomic E-state index is 12.4. The van der Waals surface area contributed by atoms with E-state index in [1.54, 1.807) is 18.2 Å². The number of halogens is 2. The monoisotopic (exact) mass is 433 g/mol. The summed E-state index contributed by atoms with van der Waals surface area (Å²) in [5.41, 5.74) is 0.874. The zero-order valence-corrected chi connectivity index (χ0v) is 17.2. The Hall–Kier alpha value is -0.930. The number of nitrogens with zero attached hydrogens (tertiary/aromatic N) is 3. The molecule has 3 rings (SSSR count). The Morgan fingerprint density at radius 2 is 2.08 bits per heavy atom. The predicted octanol–water partition coefficient (Wildman–Crippen LogP) is 5.02. The second-order valence-corrected chi connectivity index (χ2v) is 9.63. The van der Waals surface area contributed by atoms with E-state index in [1.165, 1.54) is 23.1 Å². The lowest BCUT2D eigenvalue weighted by Gasteiger charge is -2.04. The molecule has 0 aliphatic heterocycles. The molecule has 132 valence electrons. The van der Waals surface area contributed by atoms with Gasteiger partial charge in [0.15, 0.2) is 0 Å². The standard InChI is InChI=1S/C15H13Cl2N3O2S3/c1-8-13(24-9(2)18-8)14-19-20-15(22-14)23-5-6-25(21)12-7-10(16)3-4-11(12)17/h3-4,7H,5-6H2,1-2H3/t25-/m1/s1. The Labute approximate surface area is 165 Å². The van der Waals surface area contributed by atoms with Crippen molar-refractivity contribution >= 4 is 57.1 Å². The topological polar surface area (TPSA) is 68.9 Å². The minimum atomic E-state index is -1.24. The Kier molecular flexibility index (Phi) is 6.17. The van der Waals surface area contributed by atoms with Crippen LogP contribution in [0.1, 0.15) is 10.7 Å². The number of aromatic nitrogens is 3. The highest BCUT2D eigenvalue weighted by atomic mass is 35.5. The molecule has 1 aromatic carbocycles. The van der Waals surface area contributed by atoms with Crippen LogP contribution in [0, 0.1) is 13.8 Å². The molecule has 0 saturated carbocycles. The summed E-state index contributed by atoms with van der Waals surface area (Å²) in [5.74, 6) is 1.42. The number of aryl methyl sites for hydroxylation is 2. The minimum Gasteiger partial charge on any atom is -0.410 e. The molecule has 10 heteroatoms. The molecule has 0 N–H and O–H groups in total. The maximum absolute atomic E-state index is 12.4. The average Bonchev–Trinajstić information content (AvgIpc) is 3.15. The predicted molar refractivity (Wildman–Crippen MR) is 103 cm³/mol. The third-order valence-electron chi connectivity index (χ3n) is 3.14. The highest BCUT2D eigenvalue weighted by Gasteiger charge is 2.16. The molecule has 0 spiro atoms. The van der Waals surface area contributed by atoms with Gasteiger partial charge in [-0.15, -0.1) is 21.5 Å². The van der Waals surface area contributed by atoms with E-state index in [2.05, 4.69) is 15.2 Å². The smallest absolute Gasteiger partial charge is 0.276 e. The molecule has 3 aromatic rings. The van der Waals surface area contributed by atoms with Gasteiger partial charge in [-0.25, -0.2) is 4.98 Å². The molecule has 5 nitrogen and oxygen atoms in total. The summed E-state index contributed by atoms with van der Waals surface area (Å²) in [6.07, 6.45) is 0. The fraction of sp³-hybridized carbons (Fsp3) is 0.267. The fourth-order valence-electron chi connectivity index (χ4n) is 2.06. The minimum absolute atomic E-state index is 0.404. The lowest BCUT2D eigenvalue weighted by Crippen LogP contribution is -2.01. The molecule has 0 amide bonds. The van der Waals surface area contributed by atoms with Crippen LogP contribution in [0.4, 0.5) is 0 Å². The number of rotatable bonds is 6. The molecular weight excluding hydrogens is 421 g/mol. The molecule has 0 radical (unpaired) electrons. The Morgan fingerprint density at radius 1 is 1.28 bits per heavy atom. The lowest BCUT2D eigenvalue weighted by atomic mass is 10.4. The van der Waals surface area contributed by atoms with E-state index in [0.717, 1.165) is 15.6 Å². The summed E-state index contributed by atoms with van der Waals surface area (Å²) in [7, 11) is -1.24. The van der Waals surface area contributed by atoms with Crippen molar-refractivity contribution in [3.63, 3.8) is 0 Å². The molecule has 1 atom stereocenters. The first-order valence-electron chi connectivity index (χ1n) is 7.18. The number of thioether (sulfide) groups is 1. The molecule has 2 aromatic heterocycles. The van der Waals surface area contributed by atoms with Crippen molar-refractivity contribution in [2.24, 2.45) is 0 Å². The van der Waals surface area contributed by atoms with E-state index in [1.807, 2.05) is 13.8 Å². The van der Waals surface area contributed by atoms with Crippen LogP contribution in [0.25, 0.3) is 10.8 Å². The number of hydrogen-bond donors (Lipinski definition) is 0. The van der Waals surface area contributed by atoms with Crippen LogP contribution in [0.2, 0.25) is 10.0 Å². The van der Waals surface area contributed by atoms with Gasteiger partial charge < -0.3 is 4.42 Å². The Bertz CT molecular complexity index is 927. The SMILES string of the molecule is Cc1nc(C)c(-c2nnc(SCC[S@@](=O)c3cc(Cl)ccc3Cl)o2)s1. The third kappa shape index (κ3) is 4.62. The molecular formula is C15H13Cl2N3O2S3. The van der Waals surface area contributed by atoms with Crippen LogP contribution in [0.3, 0.4) is 0 Å². The summed E-state index contributed by atoms with van der Waals surface area (Å²) >= 11 is 14.9. The van der Waals surface area contributed by atoms with Crippen molar-refractivity contribution in [1.29, 1.82) is 0 Å². The zero-order valence-electron chi connectivity index (χ0n) is 13.3. The summed E-state index contributed by atoms with van der Waals surface area (Å²) in [5, 5.41) is 10.4. The van der Waals surface area contributed by atoms with Gasteiger partial charge in [0.25, 0.3) is 11.1 Å². The number of thiazole rings is 1. The Balaban J connectivity index is 1.60. The molecule has 2 heterocycles. The van der Waals surface area contributed by atoms with E-state index in [9.17, 15) is 4.21 Å². The second kappa shape index (κ2) is 8.18. The molecule has 0 fully saturated rings. The molecule has 0 unspecified atom stereocenters. The van der Waals surface area contributed by atoms with Gasteiger partial charge >= 0.3 is 0 Å². The maximum Gasteiger partial charge on any atom is 0.276 e. The second-order valence-electron chi connectivity index (χ2n) is 4.99. The van der Waals surface area contributed by atoms with Crippen LogP contribution in [-0.2, 0) is 10.8 Å². The van der Waals surface area contributed by atoms with Gasteiger partial charge in [0.05, 0.1) is 31.4 Å². The Morgan fingerprint density at radius 3 is 2.80 bits per heavy atom. The number of hydrogen-bond acceptors (Lipinski definition) is 7. The highest BCUT2D eigenvalue weighted by Crippen LogP contribution is 2.31. The molecule has 0 saturated heterocycles. The van der Waals surface area contributed by atoms with Gasteiger partial charge in [0.1, 0.15) is 4.88 Å². The molecule has 25 heavy (non-hydrogen) atoms. The van der Waals surface area contributed by atoms with Crippen molar-refractivity contribution in [2.45, 2.75) is 24.0 Å². The van der Waals surface area contributed by atoms with Crippen molar-refractivity contribution in [3.05, 3.63) is 38.9 Å². The molecule has 0 aliphatic rings. The zero-order chi connectivity index (χ0) is 18.0. The molecule has 0 bridgehead atoms. The summed E-state index contributed by atoms with van der Waals surface area (Å²) < 4.78 is 18.0. The van der Waals surface area contributed by atoms with Crippen molar-refractivity contribution in [2.75, 3.05) is 11.5 Å². The van der Waals surface area contributed by atoms with Crippen molar-refractivity contribution in [3.8, 4) is 10.8 Å². The fourth-order valence-corrected chi connectivity index (χ4v) is 5.62. The normalized spacial score (nSPS) is 12.5. The van der Waals surface area contributed by atoms with Gasteiger partial charge in [0.2, 0.25) is 0 Å². The lowest BCUT2D eigenvalue weighted by molar-refractivity contribution is 0.466. The van der Waals surface area contributed by atoms with Gasteiger partial charge in [-0.05, 0) is 32.0 Å². The molecule has 0 aliphatic carbocycles. The van der Waals surface area contributed by atoms with Crippen molar-refractivity contribution in [1.82, 2.24) is 15.2 Å². The van der Waals surface area contributed by atoms with E-state index in [0.29, 0.717) is 37.6 Å². The van der Waals surface area contributed by atoms with Crippen LogP contribution < -0.4 is 0 Å². The first-order chi connectivity index (χ1) is 11.9. The van der Waals surface area contributed by atoms with Gasteiger partial charge in [-0.3, -0.25) is 4.21 Å². The van der Waals surface area contributed by atoms with Crippen molar-refractivity contribution < 1.29 is 8.63 Å². The van der Waals surface area contributed by atoms with E-state index in [4.69, 9.17) is 27.6 Å². The van der Waals surface area contributed by atoms with Crippen LogP contribution in [0.5, 0.6) is 0 Å². The van der Waals surface area contributed by atoms with Gasteiger partial charge in [-0.2, -0.15) is 0 Å². The van der Waals surface area contributed by atoms with Gasteiger partial charge in [0, 0.05) is 16.5 Å². The van der Waals surface area contributed by atoms with Gasteiger partial charge in [-0.1, -0.05) is 35.0 Å². The largest absolute Gasteiger partial charge is 0.410 e. The first kappa shape index (κ1) is 18.8. The van der Waals surface area contributed by atoms with E-state index in [-0.39, 0.29) is 0 Å². The van der Waals surface area contributed by atoms with E-state index >= 15 is 0 Å². The number of benzene rings is 1. The van der Waals surface area contributed by atoms with Crippen LogP contribution in [0.15, 0.2) is 32.7 Å². The van der Waals surface area contributed by atoms with Crippen LogP contribution >= 0.6 is 46.3 Å². The summed E-state index contributed by atoms with van der Waals surface area (Å²) in [6.45, 7) is 3.84. The van der Waals surface area contributed by atoms with Crippen LogP contribution in [-0.4, -0.2) is 30.9 Å². The average molecular weight is 434 g/mol. The summed E-state index contributed by atoms with van der Waals surface area (Å²) in [6, 6.07) is 4.95. The third-order valence-corrected chi connectivity index (χ3v) is 7.36. The highest BCUT2D eigenvalue weighted by molar-refractivity contribution is 8.00. The quantitative estimate of drug-likeness (QED) is 0.508. The first-order valence-corrected chi connectivity index (χ1v) is 11.1. The summed E-state index contributed by atoms with van der Waals surface area (Å²) in [4.78, 5) is 5.77.